The highest BCUT2D eigenvalue weighted by Gasteiger charge is 2.18. The summed E-state index contributed by atoms with van der Waals surface area (Å²) in [5, 5.41) is 7.37. The van der Waals surface area contributed by atoms with Crippen LogP contribution in [-0.2, 0) is 0 Å². The topological polar surface area (TPSA) is 16.4 Å². The van der Waals surface area contributed by atoms with Crippen LogP contribution in [0.2, 0.25) is 0 Å². The van der Waals surface area contributed by atoms with Crippen molar-refractivity contribution in [1.29, 1.82) is 0 Å². The Hall–Kier alpha value is -7.72. The van der Waals surface area contributed by atoms with E-state index in [0.717, 1.165) is 55.7 Å². The van der Waals surface area contributed by atoms with Gasteiger partial charge in [-0.25, -0.2) is 0 Å². The number of para-hydroxylation sites is 1. The SMILES string of the molecule is c1cc(-c2cccc(N(c3cccc(-c4ccc5c(c4)oc4ccccc45)c3)c3cccc(-c4cccc5ccccc45)c3)c2)cc(-c2cccc3c2sc2ccccc23)c1. The first-order valence-electron chi connectivity index (χ1n) is 20.7. The molecular formula is C58H37NOS. The van der Waals surface area contributed by atoms with E-state index >= 15 is 0 Å². The molecule has 0 spiro atoms. The molecule has 3 heteroatoms. The van der Waals surface area contributed by atoms with E-state index in [2.05, 4.69) is 217 Å². The smallest absolute Gasteiger partial charge is 0.136 e. The van der Waals surface area contributed by atoms with E-state index < -0.39 is 0 Å². The minimum Gasteiger partial charge on any atom is -0.456 e. The summed E-state index contributed by atoms with van der Waals surface area (Å²) < 4.78 is 8.98. The molecule has 0 atom stereocenters. The Morgan fingerprint density at radius 2 is 0.820 bits per heavy atom. The highest BCUT2D eigenvalue weighted by Crippen LogP contribution is 2.43. The third kappa shape index (κ3) is 6.18. The van der Waals surface area contributed by atoms with Crippen molar-refractivity contribution < 1.29 is 4.42 Å². The van der Waals surface area contributed by atoms with Gasteiger partial charge in [0.05, 0.1) is 0 Å². The van der Waals surface area contributed by atoms with Crippen LogP contribution in [0.5, 0.6) is 0 Å². The summed E-state index contributed by atoms with van der Waals surface area (Å²) in [5.41, 5.74) is 14.5. The fourth-order valence-electron chi connectivity index (χ4n) is 9.13. The minimum atomic E-state index is 0.891. The van der Waals surface area contributed by atoms with Crippen LogP contribution in [0.4, 0.5) is 17.1 Å². The van der Waals surface area contributed by atoms with Gasteiger partial charge in [0.1, 0.15) is 11.2 Å². The number of rotatable bonds is 7. The maximum Gasteiger partial charge on any atom is 0.136 e. The molecule has 10 aromatic carbocycles. The van der Waals surface area contributed by atoms with Gasteiger partial charge in [0.2, 0.25) is 0 Å². The molecule has 2 aromatic heterocycles. The van der Waals surface area contributed by atoms with E-state index in [0.29, 0.717) is 0 Å². The fourth-order valence-corrected chi connectivity index (χ4v) is 10.4. The highest BCUT2D eigenvalue weighted by atomic mass is 32.1. The Morgan fingerprint density at radius 3 is 1.61 bits per heavy atom. The second-order valence-corrected chi connectivity index (χ2v) is 16.7. The standard InChI is InChI=1S/C58H37NOS/c1-2-23-48-38(13-1)14-11-26-49(48)44-19-10-22-47(36-44)59(46-21-9-17-41(35-46)42-31-32-52-51-24-3-5-29-55(51)60-56(52)37-42)45-20-8-16-40(34-45)39-15-7-18-43(33-39)50-27-12-28-54-53-25-4-6-30-57(53)61-58(50)54/h1-37H. The largest absolute Gasteiger partial charge is 0.456 e. The summed E-state index contributed by atoms with van der Waals surface area (Å²) in [6.45, 7) is 0. The number of furan rings is 1. The van der Waals surface area contributed by atoms with Gasteiger partial charge in [-0.05, 0) is 122 Å². The van der Waals surface area contributed by atoms with Gasteiger partial charge in [0, 0.05) is 48.0 Å². The third-order valence-electron chi connectivity index (χ3n) is 12.0. The molecule has 0 aliphatic heterocycles. The van der Waals surface area contributed by atoms with Crippen molar-refractivity contribution in [2.45, 2.75) is 0 Å². The van der Waals surface area contributed by atoms with Crippen molar-refractivity contribution in [3.05, 3.63) is 224 Å². The molecule has 12 rings (SSSR count). The lowest BCUT2D eigenvalue weighted by atomic mass is 9.96. The Bertz CT molecular complexity index is 3620. The van der Waals surface area contributed by atoms with Crippen LogP contribution in [0.15, 0.2) is 229 Å². The van der Waals surface area contributed by atoms with Crippen molar-refractivity contribution in [3.63, 3.8) is 0 Å². The number of hydrogen-bond acceptors (Lipinski definition) is 3. The van der Waals surface area contributed by atoms with Gasteiger partial charge in [0.25, 0.3) is 0 Å². The van der Waals surface area contributed by atoms with Gasteiger partial charge >= 0.3 is 0 Å². The van der Waals surface area contributed by atoms with Gasteiger partial charge in [0.15, 0.2) is 0 Å². The average Bonchev–Trinajstić information content (AvgIpc) is 3.90. The summed E-state index contributed by atoms with van der Waals surface area (Å²) >= 11 is 1.88. The molecule has 2 nitrogen and oxygen atoms in total. The van der Waals surface area contributed by atoms with E-state index in [1.807, 2.05) is 23.5 Å². The van der Waals surface area contributed by atoms with E-state index in [9.17, 15) is 0 Å². The number of anilines is 3. The molecule has 286 valence electrons. The molecule has 0 aliphatic rings. The van der Waals surface area contributed by atoms with Gasteiger partial charge in [-0.3, -0.25) is 0 Å². The third-order valence-corrected chi connectivity index (χ3v) is 13.3. The Labute approximate surface area is 357 Å². The molecule has 0 radical (unpaired) electrons. The summed E-state index contributed by atoms with van der Waals surface area (Å²) in [7, 11) is 0. The number of thiophene rings is 1. The first-order chi connectivity index (χ1) is 30.2. The zero-order chi connectivity index (χ0) is 40.3. The quantitative estimate of drug-likeness (QED) is 0.160. The zero-order valence-electron chi connectivity index (χ0n) is 33.1. The molecular weight excluding hydrogens is 759 g/mol. The molecule has 12 aromatic rings. The maximum atomic E-state index is 6.33. The molecule has 61 heavy (non-hydrogen) atoms. The van der Waals surface area contributed by atoms with Crippen LogP contribution in [0, 0.1) is 0 Å². The van der Waals surface area contributed by atoms with E-state index in [1.165, 1.54) is 58.8 Å². The number of benzene rings is 10. The molecule has 0 fully saturated rings. The van der Waals surface area contributed by atoms with Gasteiger partial charge in [-0.1, -0.05) is 158 Å². The second kappa shape index (κ2) is 14.5. The second-order valence-electron chi connectivity index (χ2n) is 15.7. The lowest BCUT2D eigenvalue weighted by Gasteiger charge is -2.27. The number of fused-ring (bicyclic) bond motifs is 7. The van der Waals surface area contributed by atoms with Crippen molar-refractivity contribution in [2.75, 3.05) is 4.90 Å². The predicted molar refractivity (Wildman–Crippen MR) is 261 cm³/mol. The molecule has 0 amide bonds. The van der Waals surface area contributed by atoms with Gasteiger partial charge in [-0.15, -0.1) is 11.3 Å². The maximum absolute atomic E-state index is 6.33. The van der Waals surface area contributed by atoms with Crippen molar-refractivity contribution in [3.8, 4) is 44.5 Å². The van der Waals surface area contributed by atoms with Crippen molar-refractivity contribution in [1.82, 2.24) is 0 Å². The highest BCUT2D eigenvalue weighted by molar-refractivity contribution is 7.26. The molecule has 0 aliphatic carbocycles. The van der Waals surface area contributed by atoms with Crippen LogP contribution in [-0.4, -0.2) is 0 Å². The number of hydrogen-bond donors (Lipinski definition) is 0. The lowest BCUT2D eigenvalue weighted by molar-refractivity contribution is 0.669. The van der Waals surface area contributed by atoms with Gasteiger partial charge in [-0.2, -0.15) is 0 Å². The summed E-state index contributed by atoms with van der Waals surface area (Å²) in [6.07, 6.45) is 0. The van der Waals surface area contributed by atoms with Gasteiger partial charge < -0.3 is 9.32 Å². The normalized spacial score (nSPS) is 11.6. The van der Waals surface area contributed by atoms with Crippen LogP contribution in [0.1, 0.15) is 0 Å². The summed E-state index contributed by atoms with van der Waals surface area (Å²) in [5.74, 6) is 0. The van der Waals surface area contributed by atoms with Crippen molar-refractivity contribution >= 4 is 81.3 Å². The summed E-state index contributed by atoms with van der Waals surface area (Å²) in [6, 6.07) is 81.3. The van der Waals surface area contributed by atoms with Crippen LogP contribution in [0.25, 0.3) is 97.4 Å². The summed E-state index contributed by atoms with van der Waals surface area (Å²) in [4.78, 5) is 2.39. The molecule has 2 heterocycles. The monoisotopic (exact) mass is 795 g/mol. The van der Waals surface area contributed by atoms with E-state index in [-0.39, 0.29) is 0 Å². The molecule has 0 bridgehead atoms. The Kier molecular flexibility index (Phi) is 8.39. The van der Waals surface area contributed by atoms with E-state index in [1.54, 1.807) is 0 Å². The molecule has 0 saturated carbocycles. The molecule has 0 saturated heterocycles. The predicted octanol–water partition coefficient (Wildman–Crippen LogP) is 17.2. The average molecular weight is 796 g/mol. The van der Waals surface area contributed by atoms with Crippen molar-refractivity contribution in [2.24, 2.45) is 0 Å². The minimum absolute atomic E-state index is 0.891. The Balaban J connectivity index is 0.990. The lowest BCUT2D eigenvalue weighted by Crippen LogP contribution is -2.10. The molecule has 0 N–H and O–H groups in total. The van der Waals surface area contributed by atoms with Crippen LogP contribution >= 0.6 is 11.3 Å². The van der Waals surface area contributed by atoms with Crippen LogP contribution in [0.3, 0.4) is 0 Å². The zero-order valence-corrected chi connectivity index (χ0v) is 33.9. The first kappa shape index (κ1) is 35.2. The number of nitrogens with zero attached hydrogens (tertiary/aromatic N) is 1. The fraction of sp³-hybridized carbons (Fsp3) is 0. The molecule has 0 unspecified atom stereocenters. The van der Waals surface area contributed by atoms with E-state index in [4.69, 9.17) is 4.42 Å². The van der Waals surface area contributed by atoms with Crippen LogP contribution < -0.4 is 4.90 Å². The Morgan fingerprint density at radius 1 is 0.311 bits per heavy atom. The first-order valence-corrected chi connectivity index (χ1v) is 21.5.